The molecule has 1 fully saturated rings. The van der Waals surface area contributed by atoms with E-state index in [1.807, 2.05) is 20.8 Å². The predicted octanol–water partition coefficient (Wildman–Crippen LogP) is 2.87. The Morgan fingerprint density at radius 3 is 2.80 bits per heavy atom. The van der Waals surface area contributed by atoms with E-state index < -0.39 is 0 Å². The summed E-state index contributed by atoms with van der Waals surface area (Å²) in [5.41, 5.74) is 0.789. The van der Waals surface area contributed by atoms with Crippen molar-refractivity contribution < 1.29 is 19.4 Å². The largest absolute Gasteiger partial charge is 0.504 e. The highest BCUT2D eigenvalue weighted by molar-refractivity contribution is 8.18. The van der Waals surface area contributed by atoms with Crippen LogP contribution in [-0.2, 0) is 9.53 Å². The van der Waals surface area contributed by atoms with E-state index >= 15 is 0 Å². The summed E-state index contributed by atoms with van der Waals surface area (Å²) in [6, 6.07) is 5.03. The van der Waals surface area contributed by atoms with E-state index in [1.165, 1.54) is 11.8 Å². The summed E-state index contributed by atoms with van der Waals surface area (Å²) in [5.74, 6) is 0.254. The quantitative estimate of drug-likeness (QED) is 0.834. The summed E-state index contributed by atoms with van der Waals surface area (Å²) in [5, 5.41) is 10.5. The third-order valence-electron chi connectivity index (χ3n) is 3.88. The standard InChI is InChI=1S/C18H22N2O4S/c1-4-23-15-7-13(5-6-14(15)21)8-16-17(22)19-18(25-16)20-9-11(2)24-12(3)10-20/h5-8,11-12,21H,4,9-10H2,1-3H3/b16-8+/t11-,12-/m1/s1. The molecule has 134 valence electrons. The lowest BCUT2D eigenvalue weighted by atomic mass is 10.2. The molecule has 1 aromatic rings. The Balaban J connectivity index is 1.76. The number of ether oxygens (including phenoxy) is 2. The van der Waals surface area contributed by atoms with E-state index in [4.69, 9.17) is 9.47 Å². The Kier molecular flexibility index (Phi) is 5.34. The SMILES string of the molecule is CCOc1cc(/C=C2/SC(N3C[C@@H](C)O[C@H](C)C3)=NC2=O)ccc1O. The molecule has 2 atom stereocenters. The van der Waals surface area contributed by atoms with Gasteiger partial charge < -0.3 is 19.5 Å². The minimum absolute atomic E-state index is 0.0858. The lowest BCUT2D eigenvalue weighted by Gasteiger charge is -2.35. The molecule has 1 saturated heterocycles. The number of carbonyl (C=O) groups is 1. The van der Waals surface area contributed by atoms with Crippen LogP contribution in [0.5, 0.6) is 11.5 Å². The molecular formula is C18H22N2O4S. The van der Waals surface area contributed by atoms with Gasteiger partial charge in [0, 0.05) is 13.1 Å². The zero-order valence-electron chi connectivity index (χ0n) is 14.6. The molecule has 1 aromatic carbocycles. The monoisotopic (exact) mass is 362 g/mol. The van der Waals surface area contributed by atoms with Gasteiger partial charge in [-0.25, -0.2) is 0 Å². The maximum Gasteiger partial charge on any atom is 0.286 e. The van der Waals surface area contributed by atoms with Crippen LogP contribution in [0.4, 0.5) is 0 Å². The van der Waals surface area contributed by atoms with Gasteiger partial charge in [0.05, 0.1) is 23.7 Å². The topological polar surface area (TPSA) is 71.4 Å². The molecule has 0 aliphatic carbocycles. The van der Waals surface area contributed by atoms with Gasteiger partial charge in [-0.1, -0.05) is 6.07 Å². The third kappa shape index (κ3) is 4.16. The zero-order chi connectivity index (χ0) is 18.0. The highest BCUT2D eigenvalue weighted by atomic mass is 32.2. The molecule has 1 N–H and O–H groups in total. The lowest BCUT2D eigenvalue weighted by Crippen LogP contribution is -2.47. The number of hydrogen-bond acceptors (Lipinski definition) is 6. The van der Waals surface area contributed by atoms with Crippen LogP contribution in [0.1, 0.15) is 26.3 Å². The maximum absolute atomic E-state index is 12.3. The van der Waals surface area contributed by atoms with E-state index in [0.717, 1.165) is 23.8 Å². The number of phenolic OH excluding ortho intramolecular Hbond substituents is 1. The van der Waals surface area contributed by atoms with Gasteiger partial charge in [0.1, 0.15) is 0 Å². The van der Waals surface area contributed by atoms with E-state index in [2.05, 4.69) is 9.89 Å². The van der Waals surface area contributed by atoms with Crippen molar-refractivity contribution in [2.45, 2.75) is 33.0 Å². The average molecular weight is 362 g/mol. The van der Waals surface area contributed by atoms with Gasteiger partial charge in [-0.3, -0.25) is 4.79 Å². The molecule has 0 unspecified atom stereocenters. The zero-order valence-corrected chi connectivity index (χ0v) is 15.4. The molecule has 7 heteroatoms. The van der Waals surface area contributed by atoms with Crippen LogP contribution < -0.4 is 4.74 Å². The van der Waals surface area contributed by atoms with Gasteiger partial charge in [0.15, 0.2) is 16.7 Å². The predicted molar refractivity (Wildman–Crippen MR) is 98.9 cm³/mol. The normalized spacial score (nSPS) is 25.4. The minimum Gasteiger partial charge on any atom is -0.504 e. The van der Waals surface area contributed by atoms with Crippen LogP contribution in [0, 0.1) is 0 Å². The van der Waals surface area contributed by atoms with Crippen LogP contribution in [0.2, 0.25) is 0 Å². The average Bonchev–Trinajstić information content (AvgIpc) is 2.91. The van der Waals surface area contributed by atoms with Crippen molar-refractivity contribution in [1.29, 1.82) is 0 Å². The van der Waals surface area contributed by atoms with Crippen LogP contribution in [-0.4, -0.2) is 53.0 Å². The van der Waals surface area contributed by atoms with Crippen LogP contribution in [0.25, 0.3) is 6.08 Å². The number of aromatic hydroxyl groups is 1. The number of benzene rings is 1. The van der Waals surface area contributed by atoms with Gasteiger partial charge in [-0.15, -0.1) is 0 Å². The Labute approximate surface area is 151 Å². The first-order valence-corrected chi connectivity index (χ1v) is 9.16. The first-order valence-electron chi connectivity index (χ1n) is 8.35. The number of amides is 1. The Morgan fingerprint density at radius 1 is 1.40 bits per heavy atom. The van der Waals surface area contributed by atoms with Crippen molar-refractivity contribution in [1.82, 2.24) is 4.90 Å². The molecule has 2 heterocycles. The molecule has 2 aliphatic rings. The number of morpholine rings is 1. The Morgan fingerprint density at radius 2 is 2.12 bits per heavy atom. The fourth-order valence-corrected chi connectivity index (χ4v) is 3.84. The number of amidine groups is 1. The van der Waals surface area contributed by atoms with E-state index in [-0.39, 0.29) is 23.9 Å². The third-order valence-corrected chi connectivity index (χ3v) is 4.93. The summed E-state index contributed by atoms with van der Waals surface area (Å²) in [7, 11) is 0. The molecule has 0 aromatic heterocycles. The Hall–Kier alpha value is -1.99. The number of nitrogens with zero attached hydrogens (tertiary/aromatic N) is 2. The molecule has 0 radical (unpaired) electrons. The lowest BCUT2D eigenvalue weighted by molar-refractivity contribution is -0.113. The summed E-state index contributed by atoms with van der Waals surface area (Å²) in [6.45, 7) is 7.81. The van der Waals surface area contributed by atoms with Crippen molar-refractivity contribution in [3.05, 3.63) is 28.7 Å². The Bertz CT molecular complexity index is 722. The van der Waals surface area contributed by atoms with Crippen LogP contribution >= 0.6 is 11.8 Å². The highest BCUT2D eigenvalue weighted by Gasteiger charge is 2.31. The van der Waals surface area contributed by atoms with Gasteiger partial charge in [0.25, 0.3) is 5.91 Å². The number of hydrogen-bond donors (Lipinski definition) is 1. The first kappa shape index (κ1) is 17.8. The summed E-state index contributed by atoms with van der Waals surface area (Å²) in [6.07, 6.45) is 2.00. The maximum atomic E-state index is 12.3. The molecule has 3 rings (SSSR count). The number of rotatable bonds is 3. The minimum atomic E-state index is -0.238. The fourth-order valence-electron chi connectivity index (χ4n) is 2.91. The van der Waals surface area contributed by atoms with Crippen molar-refractivity contribution >= 4 is 28.9 Å². The smallest absolute Gasteiger partial charge is 0.286 e. The summed E-state index contributed by atoms with van der Waals surface area (Å²) < 4.78 is 11.1. The molecule has 0 saturated carbocycles. The van der Waals surface area contributed by atoms with Gasteiger partial charge in [-0.05, 0) is 56.3 Å². The second-order valence-electron chi connectivity index (χ2n) is 6.13. The summed E-state index contributed by atoms with van der Waals surface area (Å²) >= 11 is 1.38. The van der Waals surface area contributed by atoms with E-state index in [1.54, 1.807) is 24.3 Å². The van der Waals surface area contributed by atoms with Crippen molar-refractivity contribution in [2.75, 3.05) is 19.7 Å². The molecule has 25 heavy (non-hydrogen) atoms. The van der Waals surface area contributed by atoms with Crippen LogP contribution in [0.15, 0.2) is 28.1 Å². The molecular weight excluding hydrogens is 340 g/mol. The summed E-state index contributed by atoms with van der Waals surface area (Å²) in [4.78, 5) is 19.1. The van der Waals surface area contributed by atoms with E-state index in [9.17, 15) is 9.90 Å². The van der Waals surface area contributed by atoms with Crippen molar-refractivity contribution in [2.24, 2.45) is 4.99 Å². The first-order chi connectivity index (χ1) is 12.0. The number of carbonyl (C=O) groups excluding carboxylic acids is 1. The molecule has 0 bridgehead atoms. The molecule has 1 amide bonds. The highest BCUT2D eigenvalue weighted by Crippen LogP contribution is 2.33. The molecule has 0 spiro atoms. The molecule has 6 nitrogen and oxygen atoms in total. The van der Waals surface area contributed by atoms with Crippen molar-refractivity contribution in [3.8, 4) is 11.5 Å². The number of thioether (sulfide) groups is 1. The van der Waals surface area contributed by atoms with Crippen LogP contribution in [0.3, 0.4) is 0 Å². The fraction of sp³-hybridized carbons (Fsp3) is 0.444. The van der Waals surface area contributed by atoms with Gasteiger partial charge in [0.2, 0.25) is 0 Å². The number of phenols is 1. The van der Waals surface area contributed by atoms with Gasteiger partial charge >= 0.3 is 0 Å². The van der Waals surface area contributed by atoms with Gasteiger partial charge in [-0.2, -0.15) is 4.99 Å². The number of aliphatic imine (C=N–C) groups is 1. The van der Waals surface area contributed by atoms with E-state index in [0.29, 0.717) is 17.3 Å². The second-order valence-corrected chi connectivity index (χ2v) is 7.14. The molecule has 2 aliphatic heterocycles. The van der Waals surface area contributed by atoms with Crippen molar-refractivity contribution in [3.63, 3.8) is 0 Å². The second kappa shape index (κ2) is 7.49.